The number of nitrogens with zero attached hydrogens (tertiary/aromatic N) is 2. The van der Waals surface area contributed by atoms with E-state index in [4.69, 9.17) is 5.11 Å². The highest BCUT2D eigenvalue weighted by atomic mass is 16.2. The second-order valence-electron chi connectivity index (χ2n) is 3.11. The predicted molar refractivity (Wildman–Crippen MR) is 56.2 cm³/mol. The average molecular weight is 195 g/mol. The molecule has 1 aromatic heterocycles. The molecule has 4 nitrogen and oxygen atoms in total. The summed E-state index contributed by atoms with van der Waals surface area (Å²) in [5, 5.41) is 11.8. The van der Waals surface area contributed by atoms with Crippen molar-refractivity contribution in [2.75, 3.05) is 18.5 Å². The number of aryl methyl sites for hydroxylation is 1. The van der Waals surface area contributed by atoms with Gasteiger partial charge in [0, 0.05) is 24.9 Å². The van der Waals surface area contributed by atoms with Gasteiger partial charge < -0.3 is 10.4 Å². The van der Waals surface area contributed by atoms with E-state index in [0.29, 0.717) is 0 Å². The topological polar surface area (TPSA) is 58.0 Å². The summed E-state index contributed by atoms with van der Waals surface area (Å²) in [6, 6.07) is 1.96. The summed E-state index contributed by atoms with van der Waals surface area (Å²) >= 11 is 0. The highest BCUT2D eigenvalue weighted by Gasteiger charge is 1.95. The fourth-order valence-corrected chi connectivity index (χ4v) is 1.14. The lowest BCUT2D eigenvalue weighted by Gasteiger charge is -2.05. The van der Waals surface area contributed by atoms with E-state index >= 15 is 0 Å². The molecule has 1 aromatic rings. The van der Waals surface area contributed by atoms with Gasteiger partial charge in [-0.15, -0.1) is 0 Å². The Balaban J connectivity index is 2.34. The van der Waals surface area contributed by atoms with Crippen molar-refractivity contribution in [3.05, 3.63) is 18.1 Å². The van der Waals surface area contributed by atoms with E-state index in [2.05, 4.69) is 22.2 Å². The van der Waals surface area contributed by atoms with Gasteiger partial charge in [-0.05, 0) is 19.3 Å². The van der Waals surface area contributed by atoms with Crippen LogP contribution in [-0.2, 0) is 6.42 Å². The maximum atomic E-state index is 8.59. The molecule has 1 heterocycles. The molecule has 0 aliphatic carbocycles. The van der Waals surface area contributed by atoms with E-state index in [1.807, 2.05) is 6.07 Å². The van der Waals surface area contributed by atoms with Gasteiger partial charge in [0.15, 0.2) is 0 Å². The van der Waals surface area contributed by atoms with Crippen molar-refractivity contribution in [1.29, 1.82) is 0 Å². The van der Waals surface area contributed by atoms with E-state index in [9.17, 15) is 0 Å². The second kappa shape index (κ2) is 6.32. The molecule has 0 aliphatic rings. The minimum Gasteiger partial charge on any atom is -0.396 e. The minimum atomic E-state index is 0.256. The molecule has 0 fully saturated rings. The molecule has 0 bridgehead atoms. The maximum absolute atomic E-state index is 8.59. The van der Waals surface area contributed by atoms with Gasteiger partial charge in [0.2, 0.25) is 0 Å². The van der Waals surface area contributed by atoms with Gasteiger partial charge in [-0.2, -0.15) is 0 Å². The number of anilines is 1. The Morgan fingerprint density at radius 3 is 2.93 bits per heavy atom. The summed E-state index contributed by atoms with van der Waals surface area (Å²) < 4.78 is 0. The normalized spacial score (nSPS) is 10.1. The van der Waals surface area contributed by atoms with Gasteiger partial charge in [-0.3, -0.25) is 0 Å². The summed E-state index contributed by atoms with van der Waals surface area (Å²) in [5.74, 6) is 0.870. The Bertz CT molecular complexity index is 265. The molecule has 0 aliphatic heterocycles. The number of nitrogens with one attached hydrogen (secondary N) is 1. The van der Waals surface area contributed by atoms with Crippen LogP contribution in [0.2, 0.25) is 0 Å². The molecular weight excluding hydrogens is 178 g/mol. The molecule has 0 saturated heterocycles. The van der Waals surface area contributed by atoms with Crippen molar-refractivity contribution in [1.82, 2.24) is 9.97 Å². The maximum Gasteiger partial charge on any atom is 0.129 e. The highest BCUT2D eigenvalue weighted by Crippen LogP contribution is 2.04. The predicted octanol–water partition coefficient (Wildman–Crippen LogP) is 1.22. The molecule has 0 saturated carbocycles. The zero-order valence-electron chi connectivity index (χ0n) is 8.53. The number of aliphatic hydroxyl groups is 1. The van der Waals surface area contributed by atoms with Gasteiger partial charge in [0.25, 0.3) is 0 Å². The molecule has 0 aromatic carbocycles. The lowest BCUT2D eigenvalue weighted by molar-refractivity contribution is 0.286. The van der Waals surface area contributed by atoms with E-state index in [-0.39, 0.29) is 6.61 Å². The first-order valence-electron chi connectivity index (χ1n) is 5.02. The molecule has 0 radical (unpaired) electrons. The van der Waals surface area contributed by atoms with Crippen LogP contribution in [0, 0.1) is 0 Å². The van der Waals surface area contributed by atoms with E-state index in [1.165, 1.54) is 0 Å². The van der Waals surface area contributed by atoms with Gasteiger partial charge in [0.1, 0.15) is 12.1 Å². The first-order chi connectivity index (χ1) is 6.86. The molecular formula is C10H17N3O. The lowest BCUT2D eigenvalue weighted by atomic mass is 10.3. The zero-order chi connectivity index (χ0) is 10.2. The molecule has 0 spiro atoms. The van der Waals surface area contributed by atoms with E-state index in [1.54, 1.807) is 6.33 Å². The van der Waals surface area contributed by atoms with Gasteiger partial charge >= 0.3 is 0 Å². The standard InChI is InChI=1S/C10H17N3O/c1-2-9-7-10(13-8-12-9)11-5-3-4-6-14/h7-8,14H,2-6H2,1H3,(H,11,12,13). The molecule has 0 amide bonds. The SMILES string of the molecule is CCc1cc(NCCCCO)ncn1. The third-order valence-electron chi connectivity index (χ3n) is 1.98. The molecule has 0 unspecified atom stereocenters. The van der Waals surface area contributed by atoms with Crippen LogP contribution in [0.3, 0.4) is 0 Å². The molecule has 78 valence electrons. The Hall–Kier alpha value is -1.16. The van der Waals surface area contributed by atoms with Crippen molar-refractivity contribution in [3.8, 4) is 0 Å². The second-order valence-corrected chi connectivity index (χ2v) is 3.11. The molecule has 2 N–H and O–H groups in total. The number of unbranched alkanes of at least 4 members (excludes halogenated alkanes) is 1. The fourth-order valence-electron chi connectivity index (χ4n) is 1.14. The monoisotopic (exact) mass is 195 g/mol. The van der Waals surface area contributed by atoms with Crippen molar-refractivity contribution in [2.24, 2.45) is 0 Å². The summed E-state index contributed by atoms with van der Waals surface area (Å²) in [4.78, 5) is 8.21. The van der Waals surface area contributed by atoms with Gasteiger partial charge in [-0.1, -0.05) is 6.92 Å². The summed E-state index contributed by atoms with van der Waals surface area (Å²) in [6.45, 7) is 3.17. The zero-order valence-corrected chi connectivity index (χ0v) is 8.53. The third kappa shape index (κ3) is 3.70. The Kier molecular flexibility index (Phi) is 4.93. The van der Waals surface area contributed by atoms with Crippen LogP contribution in [0.15, 0.2) is 12.4 Å². The summed E-state index contributed by atoms with van der Waals surface area (Å²) in [5.41, 5.74) is 1.05. The van der Waals surface area contributed by atoms with Crippen LogP contribution in [0.1, 0.15) is 25.5 Å². The quantitative estimate of drug-likeness (QED) is 0.670. The highest BCUT2D eigenvalue weighted by molar-refractivity contribution is 5.34. The van der Waals surface area contributed by atoms with Crippen LogP contribution >= 0.6 is 0 Å². The molecule has 14 heavy (non-hydrogen) atoms. The first kappa shape index (κ1) is 10.9. The van der Waals surface area contributed by atoms with Crippen molar-refractivity contribution in [3.63, 3.8) is 0 Å². The summed E-state index contributed by atoms with van der Waals surface area (Å²) in [7, 11) is 0. The molecule has 1 rings (SSSR count). The Morgan fingerprint density at radius 2 is 2.21 bits per heavy atom. The van der Waals surface area contributed by atoms with Crippen LogP contribution in [-0.4, -0.2) is 28.2 Å². The van der Waals surface area contributed by atoms with Crippen molar-refractivity contribution in [2.45, 2.75) is 26.2 Å². The van der Waals surface area contributed by atoms with Crippen LogP contribution in [0.4, 0.5) is 5.82 Å². The van der Waals surface area contributed by atoms with Gasteiger partial charge in [0.05, 0.1) is 0 Å². The number of aromatic nitrogens is 2. The summed E-state index contributed by atoms with van der Waals surface area (Å²) in [6.07, 6.45) is 4.29. The van der Waals surface area contributed by atoms with Gasteiger partial charge in [-0.25, -0.2) is 9.97 Å². The van der Waals surface area contributed by atoms with Crippen molar-refractivity contribution >= 4 is 5.82 Å². The number of aliphatic hydroxyl groups excluding tert-OH is 1. The Labute approximate surface area is 84.4 Å². The number of hydrogen-bond donors (Lipinski definition) is 2. The molecule has 4 heteroatoms. The number of hydrogen-bond acceptors (Lipinski definition) is 4. The van der Waals surface area contributed by atoms with Crippen LogP contribution < -0.4 is 5.32 Å². The average Bonchev–Trinajstić information content (AvgIpc) is 2.25. The number of rotatable bonds is 6. The van der Waals surface area contributed by atoms with E-state index < -0.39 is 0 Å². The lowest BCUT2D eigenvalue weighted by Crippen LogP contribution is -2.05. The van der Waals surface area contributed by atoms with Crippen LogP contribution in [0.25, 0.3) is 0 Å². The molecule has 0 atom stereocenters. The fraction of sp³-hybridized carbons (Fsp3) is 0.600. The van der Waals surface area contributed by atoms with Crippen LogP contribution in [0.5, 0.6) is 0 Å². The first-order valence-corrected chi connectivity index (χ1v) is 5.02. The van der Waals surface area contributed by atoms with Crippen molar-refractivity contribution < 1.29 is 5.11 Å². The smallest absolute Gasteiger partial charge is 0.129 e. The largest absolute Gasteiger partial charge is 0.396 e. The Morgan fingerprint density at radius 1 is 1.36 bits per heavy atom. The third-order valence-corrected chi connectivity index (χ3v) is 1.98. The van der Waals surface area contributed by atoms with E-state index in [0.717, 1.165) is 37.3 Å². The minimum absolute atomic E-state index is 0.256.